The van der Waals surface area contributed by atoms with Gasteiger partial charge in [-0.15, -0.1) is 11.8 Å². The molecule has 0 unspecified atom stereocenters. The van der Waals surface area contributed by atoms with Crippen LogP contribution in [0.1, 0.15) is 33.6 Å². The van der Waals surface area contributed by atoms with Gasteiger partial charge in [-0.1, -0.05) is 11.6 Å². The Bertz CT molecular complexity index is 336. The molecule has 0 saturated heterocycles. The first kappa shape index (κ1) is 14.8. The number of aromatic nitrogens is 1. The van der Waals surface area contributed by atoms with Crippen LogP contribution < -0.4 is 5.32 Å². The highest BCUT2D eigenvalue weighted by Crippen LogP contribution is 2.24. The van der Waals surface area contributed by atoms with Crippen LogP contribution in [0.3, 0.4) is 0 Å². The maximum atomic E-state index is 6.03. The molecule has 2 nitrogen and oxygen atoms in total. The van der Waals surface area contributed by atoms with E-state index in [-0.39, 0.29) is 5.54 Å². The Kier molecular flexibility index (Phi) is 6.31. The van der Waals surface area contributed by atoms with Gasteiger partial charge < -0.3 is 5.32 Å². The second-order valence-electron chi connectivity index (χ2n) is 5.02. The lowest BCUT2D eigenvalue weighted by atomic mass is 10.1. The smallest absolute Gasteiger partial charge is 0.115 e. The second kappa shape index (κ2) is 7.24. The van der Waals surface area contributed by atoms with Gasteiger partial charge >= 0.3 is 0 Å². The molecule has 1 rings (SSSR count). The first-order valence-electron chi connectivity index (χ1n) is 5.97. The van der Waals surface area contributed by atoms with E-state index in [1.807, 2.05) is 12.1 Å². The van der Waals surface area contributed by atoms with Crippen LogP contribution in [-0.2, 0) is 0 Å². The van der Waals surface area contributed by atoms with Crippen LogP contribution in [0.2, 0.25) is 5.02 Å². The largest absolute Gasteiger partial charge is 0.312 e. The Morgan fingerprint density at radius 1 is 1.35 bits per heavy atom. The third-order valence-corrected chi connectivity index (χ3v) is 3.70. The van der Waals surface area contributed by atoms with Gasteiger partial charge in [0.05, 0.1) is 5.02 Å². The minimum absolute atomic E-state index is 0.220. The van der Waals surface area contributed by atoms with Gasteiger partial charge in [0.1, 0.15) is 5.03 Å². The highest BCUT2D eigenvalue weighted by molar-refractivity contribution is 7.99. The number of hydrogen-bond acceptors (Lipinski definition) is 3. The highest BCUT2D eigenvalue weighted by atomic mass is 35.5. The molecule has 1 N–H and O–H groups in total. The average molecular weight is 273 g/mol. The molecule has 17 heavy (non-hydrogen) atoms. The maximum Gasteiger partial charge on any atom is 0.115 e. The van der Waals surface area contributed by atoms with E-state index >= 15 is 0 Å². The Morgan fingerprint density at radius 2 is 2.12 bits per heavy atom. The predicted octanol–water partition coefficient (Wildman–Crippen LogP) is 4.00. The number of nitrogens with zero attached hydrogens (tertiary/aromatic N) is 1. The molecule has 96 valence electrons. The molecule has 1 aromatic heterocycles. The number of hydrogen-bond donors (Lipinski definition) is 1. The molecule has 1 aromatic rings. The van der Waals surface area contributed by atoms with Crippen molar-refractivity contribution in [3.05, 3.63) is 23.4 Å². The van der Waals surface area contributed by atoms with Crippen LogP contribution in [0.5, 0.6) is 0 Å². The number of nitrogens with one attached hydrogen (secondary N) is 1. The maximum absolute atomic E-state index is 6.03. The van der Waals surface area contributed by atoms with E-state index in [0.29, 0.717) is 0 Å². The summed E-state index contributed by atoms with van der Waals surface area (Å²) >= 11 is 7.76. The van der Waals surface area contributed by atoms with Crippen LogP contribution in [0.4, 0.5) is 0 Å². The van der Waals surface area contributed by atoms with Gasteiger partial charge in [0, 0.05) is 11.7 Å². The van der Waals surface area contributed by atoms with Crippen molar-refractivity contribution >= 4 is 23.4 Å². The summed E-state index contributed by atoms with van der Waals surface area (Å²) in [5.41, 5.74) is 0.220. The van der Waals surface area contributed by atoms with Crippen molar-refractivity contribution in [1.29, 1.82) is 0 Å². The number of thioether (sulfide) groups is 1. The lowest BCUT2D eigenvalue weighted by Crippen LogP contribution is -2.36. The number of rotatable bonds is 6. The van der Waals surface area contributed by atoms with Crippen molar-refractivity contribution in [3.63, 3.8) is 0 Å². The number of halogens is 1. The van der Waals surface area contributed by atoms with E-state index in [2.05, 4.69) is 31.1 Å². The molecule has 0 aliphatic carbocycles. The molecule has 0 bridgehead atoms. The lowest BCUT2D eigenvalue weighted by molar-refractivity contribution is 0.421. The summed E-state index contributed by atoms with van der Waals surface area (Å²) in [6.07, 6.45) is 4.16. The van der Waals surface area contributed by atoms with Gasteiger partial charge in [0.25, 0.3) is 0 Å². The molecule has 0 saturated carbocycles. The molecule has 0 radical (unpaired) electrons. The zero-order valence-corrected chi connectivity index (χ0v) is 12.4. The molecule has 0 spiro atoms. The first-order chi connectivity index (χ1) is 7.99. The molecule has 4 heteroatoms. The van der Waals surface area contributed by atoms with Gasteiger partial charge in [-0.25, -0.2) is 4.98 Å². The van der Waals surface area contributed by atoms with Gasteiger partial charge in [-0.3, -0.25) is 0 Å². The first-order valence-corrected chi connectivity index (χ1v) is 7.34. The third kappa shape index (κ3) is 6.92. The zero-order valence-electron chi connectivity index (χ0n) is 10.8. The third-order valence-electron chi connectivity index (χ3n) is 2.19. The summed E-state index contributed by atoms with van der Waals surface area (Å²) in [4.78, 5) is 4.25. The lowest BCUT2D eigenvalue weighted by Gasteiger charge is -2.20. The van der Waals surface area contributed by atoms with Crippen LogP contribution in [0.25, 0.3) is 0 Å². The summed E-state index contributed by atoms with van der Waals surface area (Å²) in [5, 5.41) is 5.18. The molecular formula is C13H21ClN2S. The standard InChI is InChI=1S/C13H21ClN2S/c1-13(2,3)16-9-4-5-10-17-12-11(14)7-6-8-15-12/h6-8,16H,4-5,9-10H2,1-3H3. The molecule has 0 aromatic carbocycles. The summed E-state index contributed by atoms with van der Waals surface area (Å²) in [6, 6.07) is 3.75. The number of unbranched alkanes of at least 4 members (excludes halogenated alkanes) is 1. The van der Waals surface area contributed by atoms with Crippen molar-refractivity contribution in [2.45, 2.75) is 44.2 Å². The molecule has 0 aliphatic heterocycles. The van der Waals surface area contributed by atoms with Crippen molar-refractivity contribution in [3.8, 4) is 0 Å². The monoisotopic (exact) mass is 272 g/mol. The summed E-state index contributed by atoms with van der Waals surface area (Å²) in [6.45, 7) is 7.64. The Labute approximate surface area is 114 Å². The topological polar surface area (TPSA) is 24.9 Å². The Morgan fingerprint density at radius 3 is 2.76 bits per heavy atom. The fourth-order valence-corrected chi connectivity index (χ4v) is 2.51. The Hall–Kier alpha value is -0.250. The summed E-state index contributed by atoms with van der Waals surface area (Å²) < 4.78 is 0. The van der Waals surface area contributed by atoms with E-state index in [1.54, 1.807) is 18.0 Å². The summed E-state index contributed by atoms with van der Waals surface area (Å²) in [5.74, 6) is 1.07. The van der Waals surface area contributed by atoms with Gasteiger partial charge in [0.15, 0.2) is 0 Å². The van der Waals surface area contributed by atoms with E-state index in [0.717, 1.165) is 22.3 Å². The Balaban J connectivity index is 2.11. The van der Waals surface area contributed by atoms with Crippen LogP contribution in [-0.4, -0.2) is 22.8 Å². The van der Waals surface area contributed by atoms with Crippen LogP contribution >= 0.6 is 23.4 Å². The zero-order chi connectivity index (χ0) is 12.7. The van der Waals surface area contributed by atoms with Crippen molar-refractivity contribution in [2.75, 3.05) is 12.3 Å². The SMILES string of the molecule is CC(C)(C)NCCCCSc1ncccc1Cl. The minimum atomic E-state index is 0.220. The van der Waals surface area contributed by atoms with Gasteiger partial charge in [-0.2, -0.15) is 0 Å². The molecule has 0 fully saturated rings. The average Bonchev–Trinajstić information content (AvgIpc) is 2.24. The van der Waals surface area contributed by atoms with Crippen LogP contribution in [0, 0.1) is 0 Å². The van der Waals surface area contributed by atoms with E-state index in [4.69, 9.17) is 11.6 Å². The minimum Gasteiger partial charge on any atom is -0.312 e. The molecule has 0 amide bonds. The van der Waals surface area contributed by atoms with Crippen molar-refractivity contribution < 1.29 is 0 Å². The van der Waals surface area contributed by atoms with Crippen LogP contribution in [0.15, 0.2) is 23.4 Å². The molecule has 0 aliphatic rings. The molecule has 1 heterocycles. The predicted molar refractivity (Wildman–Crippen MR) is 77.0 cm³/mol. The van der Waals surface area contributed by atoms with Crippen molar-refractivity contribution in [1.82, 2.24) is 10.3 Å². The molecule has 0 atom stereocenters. The highest BCUT2D eigenvalue weighted by Gasteiger charge is 2.07. The van der Waals surface area contributed by atoms with Gasteiger partial charge in [0.2, 0.25) is 0 Å². The van der Waals surface area contributed by atoms with E-state index < -0.39 is 0 Å². The quantitative estimate of drug-likeness (QED) is 0.626. The van der Waals surface area contributed by atoms with E-state index in [9.17, 15) is 0 Å². The second-order valence-corrected chi connectivity index (χ2v) is 6.51. The normalized spacial score (nSPS) is 11.8. The fourth-order valence-electron chi connectivity index (χ4n) is 1.34. The van der Waals surface area contributed by atoms with Gasteiger partial charge in [-0.05, 0) is 58.0 Å². The fraction of sp³-hybridized carbons (Fsp3) is 0.615. The molecular weight excluding hydrogens is 252 g/mol. The number of pyridine rings is 1. The van der Waals surface area contributed by atoms with E-state index in [1.165, 1.54) is 12.8 Å². The van der Waals surface area contributed by atoms with Crippen molar-refractivity contribution in [2.24, 2.45) is 0 Å². The summed E-state index contributed by atoms with van der Waals surface area (Å²) in [7, 11) is 0.